The normalized spacial score (nSPS) is 23.2. The summed E-state index contributed by atoms with van der Waals surface area (Å²) in [6.45, 7) is 5.95. The molecule has 5 heteroatoms. The van der Waals surface area contributed by atoms with Crippen LogP contribution < -0.4 is 10.6 Å². The predicted octanol–water partition coefficient (Wildman–Crippen LogP) is 0.505. The van der Waals surface area contributed by atoms with Gasteiger partial charge >= 0.3 is 0 Å². The molecule has 2 fully saturated rings. The van der Waals surface area contributed by atoms with E-state index in [2.05, 4.69) is 17.6 Å². The van der Waals surface area contributed by atoms with E-state index in [4.69, 9.17) is 0 Å². The van der Waals surface area contributed by atoms with Crippen LogP contribution in [0.15, 0.2) is 0 Å². The first-order valence-corrected chi connectivity index (χ1v) is 7.34. The molecule has 5 nitrogen and oxygen atoms in total. The minimum Gasteiger partial charge on any atom is -0.354 e. The standard InChI is InChI=1S/C14H25N3O2/c1-14(5-7-15-8-6-14)11-16-12(18)10-17-9-3-2-4-13(17)19/h15H,2-11H2,1H3,(H,16,18). The Morgan fingerprint density at radius 3 is 2.79 bits per heavy atom. The smallest absolute Gasteiger partial charge is 0.239 e. The molecule has 2 aliphatic rings. The number of likely N-dealkylation sites (tertiary alicyclic amines) is 1. The van der Waals surface area contributed by atoms with E-state index in [1.54, 1.807) is 4.90 Å². The van der Waals surface area contributed by atoms with Crippen molar-refractivity contribution in [3.05, 3.63) is 0 Å². The van der Waals surface area contributed by atoms with Crippen LogP contribution in [0.4, 0.5) is 0 Å². The number of hydrogen-bond acceptors (Lipinski definition) is 3. The summed E-state index contributed by atoms with van der Waals surface area (Å²) in [6.07, 6.45) is 4.76. The quantitative estimate of drug-likeness (QED) is 0.780. The number of nitrogens with one attached hydrogen (secondary N) is 2. The van der Waals surface area contributed by atoms with Gasteiger partial charge in [-0.1, -0.05) is 6.92 Å². The highest BCUT2D eigenvalue weighted by Crippen LogP contribution is 2.26. The van der Waals surface area contributed by atoms with Gasteiger partial charge in [-0.2, -0.15) is 0 Å². The summed E-state index contributed by atoms with van der Waals surface area (Å²) in [7, 11) is 0. The second kappa shape index (κ2) is 6.37. The van der Waals surface area contributed by atoms with Crippen molar-refractivity contribution in [2.24, 2.45) is 5.41 Å². The molecule has 19 heavy (non-hydrogen) atoms. The number of hydrogen-bond donors (Lipinski definition) is 2. The lowest BCUT2D eigenvalue weighted by molar-refractivity contribution is -0.137. The van der Waals surface area contributed by atoms with Gasteiger partial charge in [-0.15, -0.1) is 0 Å². The Morgan fingerprint density at radius 1 is 1.37 bits per heavy atom. The fourth-order valence-electron chi connectivity index (χ4n) is 2.78. The van der Waals surface area contributed by atoms with Crippen molar-refractivity contribution in [3.63, 3.8) is 0 Å². The molecule has 0 atom stereocenters. The molecular formula is C14H25N3O2. The molecule has 0 bridgehead atoms. The summed E-state index contributed by atoms with van der Waals surface area (Å²) in [5.41, 5.74) is 0.201. The van der Waals surface area contributed by atoms with E-state index < -0.39 is 0 Å². The summed E-state index contributed by atoms with van der Waals surface area (Å²) >= 11 is 0. The van der Waals surface area contributed by atoms with Gasteiger partial charge < -0.3 is 15.5 Å². The zero-order chi connectivity index (χ0) is 13.7. The third-order valence-corrected chi connectivity index (χ3v) is 4.28. The molecule has 2 aliphatic heterocycles. The van der Waals surface area contributed by atoms with Gasteiger partial charge in [0.25, 0.3) is 0 Å². The molecular weight excluding hydrogens is 242 g/mol. The molecule has 2 saturated heterocycles. The van der Waals surface area contributed by atoms with Crippen LogP contribution in [-0.2, 0) is 9.59 Å². The van der Waals surface area contributed by atoms with Crippen LogP contribution in [0.1, 0.15) is 39.0 Å². The Labute approximate surface area is 115 Å². The predicted molar refractivity (Wildman–Crippen MR) is 73.7 cm³/mol. The van der Waals surface area contributed by atoms with E-state index in [1.165, 1.54) is 0 Å². The van der Waals surface area contributed by atoms with E-state index >= 15 is 0 Å². The summed E-state index contributed by atoms with van der Waals surface area (Å²) in [6, 6.07) is 0. The average Bonchev–Trinajstić information content (AvgIpc) is 2.40. The minimum atomic E-state index is -0.0185. The molecule has 0 aromatic heterocycles. The van der Waals surface area contributed by atoms with Gasteiger partial charge in [-0.05, 0) is 44.2 Å². The van der Waals surface area contributed by atoms with Gasteiger partial charge in [0, 0.05) is 19.5 Å². The molecule has 0 saturated carbocycles. The van der Waals surface area contributed by atoms with E-state index in [-0.39, 0.29) is 23.8 Å². The molecule has 0 unspecified atom stereocenters. The van der Waals surface area contributed by atoms with Crippen LogP contribution in [0, 0.1) is 5.41 Å². The first kappa shape index (κ1) is 14.3. The number of piperidine rings is 2. The second-order valence-corrected chi connectivity index (χ2v) is 6.11. The molecule has 2 amide bonds. The fourth-order valence-corrected chi connectivity index (χ4v) is 2.78. The van der Waals surface area contributed by atoms with Crippen molar-refractivity contribution >= 4 is 11.8 Å². The fraction of sp³-hybridized carbons (Fsp3) is 0.857. The molecule has 2 N–H and O–H groups in total. The number of amides is 2. The highest BCUT2D eigenvalue weighted by atomic mass is 16.2. The molecule has 2 rings (SSSR count). The lowest BCUT2D eigenvalue weighted by atomic mass is 9.81. The van der Waals surface area contributed by atoms with Crippen LogP contribution >= 0.6 is 0 Å². The van der Waals surface area contributed by atoms with E-state index in [0.717, 1.165) is 51.9 Å². The maximum Gasteiger partial charge on any atom is 0.239 e. The van der Waals surface area contributed by atoms with Gasteiger partial charge in [0.15, 0.2) is 0 Å². The Kier molecular flexibility index (Phi) is 4.80. The van der Waals surface area contributed by atoms with Crippen LogP contribution in [0.3, 0.4) is 0 Å². The van der Waals surface area contributed by atoms with Crippen molar-refractivity contribution in [1.82, 2.24) is 15.5 Å². The number of carbonyl (C=O) groups excluding carboxylic acids is 2. The highest BCUT2D eigenvalue weighted by Gasteiger charge is 2.27. The lowest BCUT2D eigenvalue weighted by Crippen LogP contribution is -2.47. The van der Waals surface area contributed by atoms with Crippen LogP contribution in [-0.4, -0.2) is 49.4 Å². The number of carbonyl (C=O) groups is 2. The van der Waals surface area contributed by atoms with Gasteiger partial charge in [0.1, 0.15) is 0 Å². The molecule has 0 aromatic rings. The largest absolute Gasteiger partial charge is 0.354 e. The van der Waals surface area contributed by atoms with Gasteiger partial charge in [0.2, 0.25) is 11.8 Å². The Balaban J connectivity index is 1.73. The monoisotopic (exact) mass is 267 g/mol. The second-order valence-electron chi connectivity index (χ2n) is 6.11. The lowest BCUT2D eigenvalue weighted by Gasteiger charge is -2.34. The summed E-state index contributed by atoms with van der Waals surface area (Å²) < 4.78 is 0. The first-order chi connectivity index (χ1) is 9.09. The highest BCUT2D eigenvalue weighted by molar-refractivity contribution is 5.85. The SMILES string of the molecule is CC1(CNC(=O)CN2CCCCC2=O)CCNCC1. The van der Waals surface area contributed by atoms with Crippen molar-refractivity contribution in [3.8, 4) is 0 Å². The molecule has 0 aliphatic carbocycles. The zero-order valence-corrected chi connectivity index (χ0v) is 11.8. The molecule has 0 aromatic carbocycles. The Hall–Kier alpha value is -1.10. The average molecular weight is 267 g/mol. The number of rotatable bonds is 4. The molecule has 0 radical (unpaired) electrons. The Bertz CT molecular complexity index is 338. The van der Waals surface area contributed by atoms with Crippen LogP contribution in [0.2, 0.25) is 0 Å². The van der Waals surface area contributed by atoms with Crippen molar-refractivity contribution in [2.75, 3.05) is 32.7 Å². The summed E-state index contributed by atoms with van der Waals surface area (Å²) in [5.74, 6) is 0.101. The first-order valence-electron chi connectivity index (χ1n) is 7.34. The van der Waals surface area contributed by atoms with E-state index in [9.17, 15) is 9.59 Å². The summed E-state index contributed by atoms with van der Waals surface area (Å²) in [4.78, 5) is 25.2. The van der Waals surface area contributed by atoms with Crippen LogP contribution in [0.25, 0.3) is 0 Å². The van der Waals surface area contributed by atoms with E-state index in [0.29, 0.717) is 6.42 Å². The van der Waals surface area contributed by atoms with Crippen LogP contribution in [0.5, 0.6) is 0 Å². The van der Waals surface area contributed by atoms with Gasteiger partial charge in [-0.25, -0.2) is 0 Å². The van der Waals surface area contributed by atoms with Crippen molar-refractivity contribution < 1.29 is 9.59 Å². The third-order valence-electron chi connectivity index (χ3n) is 4.28. The number of nitrogens with zero attached hydrogens (tertiary/aromatic N) is 1. The Morgan fingerprint density at radius 2 is 2.11 bits per heavy atom. The third kappa shape index (κ3) is 4.20. The maximum atomic E-state index is 11.9. The molecule has 2 heterocycles. The maximum absolute atomic E-state index is 11.9. The van der Waals surface area contributed by atoms with E-state index in [1.807, 2.05) is 0 Å². The van der Waals surface area contributed by atoms with Crippen molar-refractivity contribution in [2.45, 2.75) is 39.0 Å². The zero-order valence-electron chi connectivity index (χ0n) is 11.8. The molecule has 108 valence electrons. The molecule has 0 spiro atoms. The summed E-state index contributed by atoms with van der Waals surface area (Å²) in [5, 5.41) is 6.33. The van der Waals surface area contributed by atoms with Gasteiger partial charge in [-0.3, -0.25) is 9.59 Å². The van der Waals surface area contributed by atoms with Gasteiger partial charge in [0.05, 0.1) is 6.54 Å². The topological polar surface area (TPSA) is 61.4 Å². The minimum absolute atomic E-state index is 0.0185. The van der Waals surface area contributed by atoms with Crippen molar-refractivity contribution in [1.29, 1.82) is 0 Å².